The van der Waals surface area contributed by atoms with E-state index < -0.39 is 12.1 Å². The largest absolute Gasteiger partial charge is 0.490 e. The second-order valence-electron chi connectivity index (χ2n) is 8.07. The third-order valence-electron chi connectivity index (χ3n) is 4.89. The number of amides is 1. The number of Topliss-reactive ketones (excluding diaryl/α,β-unsaturated/α-hetero) is 1. The smallest absolute Gasteiger partial charge is 0.475 e. The fraction of sp³-hybridized carbons (Fsp3) is 0.667. The summed E-state index contributed by atoms with van der Waals surface area (Å²) in [7, 11) is 0. The molecule has 3 heterocycles. The Morgan fingerprint density at radius 2 is 1.86 bits per heavy atom. The van der Waals surface area contributed by atoms with Crippen LogP contribution in [0.3, 0.4) is 0 Å². The first-order valence-corrected chi connectivity index (χ1v) is 9.21. The predicted octanol–water partition coefficient (Wildman–Crippen LogP) is 2.05. The van der Waals surface area contributed by atoms with Gasteiger partial charge in [0.2, 0.25) is 0 Å². The van der Waals surface area contributed by atoms with Crippen molar-refractivity contribution in [3.8, 4) is 0 Å². The molecule has 0 saturated carbocycles. The lowest BCUT2D eigenvalue weighted by Gasteiger charge is -2.48. The molecule has 0 aromatic carbocycles. The number of hydrogen-bond acceptors (Lipinski definition) is 5. The van der Waals surface area contributed by atoms with Gasteiger partial charge in [-0.1, -0.05) is 13.8 Å². The molecule has 1 aromatic heterocycles. The average Bonchev–Trinajstić information content (AvgIpc) is 3.19. The van der Waals surface area contributed by atoms with Gasteiger partial charge in [-0.15, -0.1) is 0 Å². The van der Waals surface area contributed by atoms with E-state index in [4.69, 9.17) is 9.90 Å². The Balaban J connectivity index is 0.000000370. The standard InChI is InChI=1S/C16H24N4O2.C2HF3O2/c1-11(2)7-19-5-4-16(8-19)9-20(10-16)15(22)14-6-13(12(3)21)17-18-14;3-2(4,5)1(6)7/h6,11H,4-5,7-10H2,1-3H3,(H,17,18);(H,6,7). The molecule has 2 aliphatic rings. The van der Waals surface area contributed by atoms with Crippen LogP contribution in [0.25, 0.3) is 0 Å². The van der Waals surface area contributed by atoms with Gasteiger partial charge in [-0.25, -0.2) is 4.79 Å². The lowest BCUT2D eigenvalue weighted by Crippen LogP contribution is -2.59. The minimum absolute atomic E-state index is 0.0482. The number of carboxylic acid groups (broad SMARTS) is 1. The van der Waals surface area contributed by atoms with Crippen LogP contribution in [0.4, 0.5) is 13.2 Å². The molecule has 2 N–H and O–H groups in total. The van der Waals surface area contributed by atoms with Gasteiger partial charge in [-0.3, -0.25) is 14.7 Å². The SMILES string of the molecule is CC(=O)c1cc(C(=O)N2CC3(CCN(CC(C)C)C3)C2)[nH]n1.O=C(O)C(F)(F)F. The van der Waals surface area contributed by atoms with Gasteiger partial charge in [0.25, 0.3) is 5.91 Å². The average molecular weight is 418 g/mol. The highest BCUT2D eigenvalue weighted by Gasteiger charge is 2.49. The van der Waals surface area contributed by atoms with Crippen LogP contribution in [-0.4, -0.2) is 81.7 Å². The molecule has 0 unspecified atom stereocenters. The number of H-pyrrole nitrogens is 1. The summed E-state index contributed by atoms with van der Waals surface area (Å²) in [5, 5.41) is 13.7. The number of aromatic nitrogens is 2. The first-order chi connectivity index (χ1) is 13.3. The molecule has 2 fully saturated rings. The van der Waals surface area contributed by atoms with Gasteiger partial charge in [0.1, 0.15) is 11.4 Å². The molecule has 8 nitrogen and oxygen atoms in total. The third-order valence-corrected chi connectivity index (χ3v) is 4.89. The van der Waals surface area contributed by atoms with Crippen molar-refractivity contribution in [3.05, 3.63) is 17.5 Å². The number of carbonyl (C=O) groups excluding carboxylic acids is 2. The monoisotopic (exact) mass is 418 g/mol. The van der Waals surface area contributed by atoms with E-state index in [1.165, 1.54) is 13.3 Å². The van der Waals surface area contributed by atoms with E-state index in [0.29, 0.717) is 17.3 Å². The van der Waals surface area contributed by atoms with Crippen LogP contribution < -0.4 is 0 Å². The van der Waals surface area contributed by atoms with E-state index in [2.05, 4.69) is 28.9 Å². The Kier molecular flexibility index (Phi) is 6.71. The van der Waals surface area contributed by atoms with Gasteiger partial charge in [0.15, 0.2) is 5.78 Å². The molecular weight excluding hydrogens is 393 g/mol. The summed E-state index contributed by atoms with van der Waals surface area (Å²) < 4.78 is 31.7. The van der Waals surface area contributed by atoms with E-state index >= 15 is 0 Å². The number of likely N-dealkylation sites (tertiary alicyclic amines) is 2. The zero-order valence-corrected chi connectivity index (χ0v) is 16.5. The first-order valence-electron chi connectivity index (χ1n) is 9.21. The third kappa shape index (κ3) is 5.78. The molecular formula is C18H25F3N4O4. The topological polar surface area (TPSA) is 107 Å². The molecule has 1 amide bonds. The second kappa shape index (κ2) is 8.52. The van der Waals surface area contributed by atoms with Crippen LogP contribution in [0, 0.1) is 11.3 Å². The number of carbonyl (C=O) groups is 3. The van der Waals surface area contributed by atoms with Crippen LogP contribution >= 0.6 is 0 Å². The van der Waals surface area contributed by atoms with E-state index in [1.54, 1.807) is 6.07 Å². The van der Waals surface area contributed by atoms with Crippen molar-refractivity contribution in [1.82, 2.24) is 20.0 Å². The number of aliphatic carboxylic acids is 1. The summed E-state index contributed by atoms with van der Waals surface area (Å²) >= 11 is 0. The molecule has 0 aliphatic carbocycles. The molecule has 1 spiro atoms. The quantitative estimate of drug-likeness (QED) is 0.725. The Hall–Kier alpha value is -2.43. The minimum Gasteiger partial charge on any atom is -0.475 e. The number of alkyl halides is 3. The van der Waals surface area contributed by atoms with Crippen LogP contribution in [0.15, 0.2) is 6.07 Å². The van der Waals surface area contributed by atoms with Crippen molar-refractivity contribution in [3.63, 3.8) is 0 Å². The Labute approximate surface area is 166 Å². The van der Waals surface area contributed by atoms with E-state index in [9.17, 15) is 22.8 Å². The molecule has 0 radical (unpaired) electrons. The van der Waals surface area contributed by atoms with Gasteiger partial charge < -0.3 is 14.9 Å². The Bertz CT molecular complexity index is 769. The molecule has 162 valence electrons. The molecule has 11 heteroatoms. The molecule has 29 heavy (non-hydrogen) atoms. The van der Waals surface area contributed by atoms with E-state index in [1.807, 2.05) is 4.90 Å². The number of halogens is 3. The van der Waals surface area contributed by atoms with Crippen molar-refractivity contribution >= 4 is 17.7 Å². The highest BCUT2D eigenvalue weighted by atomic mass is 19.4. The normalized spacial score (nSPS) is 18.4. The maximum atomic E-state index is 12.4. The van der Waals surface area contributed by atoms with Crippen LogP contribution in [-0.2, 0) is 4.79 Å². The van der Waals surface area contributed by atoms with Crippen LogP contribution in [0.1, 0.15) is 48.2 Å². The molecule has 3 rings (SSSR count). The van der Waals surface area contributed by atoms with Gasteiger partial charge in [0, 0.05) is 38.5 Å². The molecule has 0 atom stereocenters. The number of nitrogens with one attached hydrogen (secondary N) is 1. The van der Waals surface area contributed by atoms with Crippen molar-refractivity contribution in [1.29, 1.82) is 0 Å². The maximum absolute atomic E-state index is 12.4. The molecule has 0 bridgehead atoms. The van der Waals surface area contributed by atoms with Gasteiger partial charge in [-0.2, -0.15) is 18.3 Å². The van der Waals surface area contributed by atoms with E-state index in [0.717, 1.165) is 32.7 Å². The first kappa shape index (κ1) is 22.9. The lowest BCUT2D eigenvalue weighted by molar-refractivity contribution is -0.192. The molecule has 2 saturated heterocycles. The fourth-order valence-corrected chi connectivity index (χ4v) is 3.65. The van der Waals surface area contributed by atoms with Gasteiger partial charge >= 0.3 is 12.1 Å². The summed E-state index contributed by atoms with van der Waals surface area (Å²) in [6.07, 6.45) is -3.91. The zero-order valence-electron chi connectivity index (χ0n) is 16.5. The van der Waals surface area contributed by atoms with Crippen LogP contribution in [0.5, 0.6) is 0 Å². The predicted molar refractivity (Wildman–Crippen MR) is 96.5 cm³/mol. The summed E-state index contributed by atoms with van der Waals surface area (Å²) in [6, 6.07) is 1.55. The number of ketones is 1. The number of aromatic amines is 1. The Morgan fingerprint density at radius 3 is 2.31 bits per heavy atom. The van der Waals surface area contributed by atoms with Crippen molar-refractivity contribution in [2.45, 2.75) is 33.4 Å². The molecule has 2 aliphatic heterocycles. The Morgan fingerprint density at radius 1 is 1.28 bits per heavy atom. The summed E-state index contributed by atoms with van der Waals surface area (Å²) in [4.78, 5) is 36.9. The summed E-state index contributed by atoms with van der Waals surface area (Å²) in [6.45, 7) is 10.9. The maximum Gasteiger partial charge on any atom is 0.490 e. The summed E-state index contributed by atoms with van der Waals surface area (Å²) in [5.74, 6) is -2.25. The summed E-state index contributed by atoms with van der Waals surface area (Å²) in [5.41, 5.74) is 1.02. The van der Waals surface area contributed by atoms with Crippen molar-refractivity contribution in [2.75, 3.05) is 32.7 Å². The number of carboxylic acids is 1. The van der Waals surface area contributed by atoms with Gasteiger partial charge in [-0.05, 0) is 24.9 Å². The molecule has 1 aromatic rings. The highest BCUT2D eigenvalue weighted by molar-refractivity contribution is 5.97. The number of nitrogens with zero attached hydrogens (tertiary/aromatic N) is 3. The fourth-order valence-electron chi connectivity index (χ4n) is 3.65. The number of hydrogen-bond donors (Lipinski definition) is 2. The van der Waals surface area contributed by atoms with Gasteiger partial charge in [0.05, 0.1) is 0 Å². The zero-order chi connectivity index (χ0) is 22.0. The van der Waals surface area contributed by atoms with Crippen LogP contribution in [0.2, 0.25) is 0 Å². The van der Waals surface area contributed by atoms with Crippen molar-refractivity contribution < 1.29 is 32.7 Å². The minimum atomic E-state index is -5.08. The highest BCUT2D eigenvalue weighted by Crippen LogP contribution is 2.40. The van der Waals surface area contributed by atoms with E-state index in [-0.39, 0.29) is 17.1 Å². The second-order valence-corrected chi connectivity index (χ2v) is 8.07. The lowest BCUT2D eigenvalue weighted by atomic mass is 9.79. The number of rotatable bonds is 4. The van der Waals surface area contributed by atoms with Crippen molar-refractivity contribution in [2.24, 2.45) is 11.3 Å².